The molecule has 19 heavy (non-hydrogen) atoms. The van der Waals surface area contributed by atoms with Crippen LogP contribution in [0.4, 0.5) is 0 Å². The summed E-state index contributed by atoms with van der Waals surface area (Å²) in [5, 5.41) is 14.5. The summed E-state index contributed by atoms with van der Waals surface area (Å²) in [5.74, 6) is -0.0791. The van der Waals surface area contributed by atoms with E-state index < -0.39 is 5.41 Å². The molecule has 1 rings (SSSR count). The number of hydrogen-bond acceptors (Lipinski definition) is 4. The zero-order valence-electron chi connectivity index (χ0n) is 12.1. The van der Waals surface area contributed by atoms with Crippen molar-refractivity contribution in [3.63, 3.8) is 0 Å². The summed E-state index contributed by atoms with van der Waals surface area (Å²) in [4.78, 5) is 14.2. The molecule has 110 valence electrons. The molecule has 6 heteroatoms. The Labute approximate surface area is 115 Å². The highest BCUT2D eigenvalue weighted by molar-refractivity contribution is 6.09. The van der Waals surface area contributed by atoms with Gasteiger partial charge in [0.15, 0.2) is 5.84 Å². The SMILES string of the molecule is CC(C)N(C)CCCCNC(=O)C1(C(N)=NO)CC1. The topological polar surface area (TPSA) is 91.0 Å². The van der Waals surface area contributed by atoms with Gasteiger partial charge < -0.3 is 21.2 Å². The number of hydrogen-bond donors (Lipinski definition) is 3. The fraction of sp³-hybridized carbons (Fsp3) is 0.846. The van der Waals surface area contributed by atoms with Gasteiger partial charge in [-0.1, -0.05) is 5.16 Å². The lowest BCUT2D eigenvalue weighted by Gasteiger charge is -2.20. The molecule has 1 fully saturated rings. The molecule has 0 spiro atoms. The number of rotatable bonds is 8. The van der Waals surface area contributed by atoms with Gasteiger partial charge in [-0.15, -0.1) is 0 Å². The van der Waals surface area contributed by atoms with Crippen molar-refractivity contribution >= 4 is 11.7 Å². The van der Waals surface area contributed by atoms with Crippen molar-refractivity contribution in [1.29, 1.82) is 0 Å². The molecule has 0 heterocycles. The van der Waals surface area contributed by atoms with Gasteiger partial charge in [0.2, 0.25) is 5.91 Å². The fourth-order valence-corrected chi connectivity index (χ4v) is 1.94. The highest BCUT2D eigenvalue weighted by Gasteiger charge is 2.53. The molecule has 0 unspecified atom stereocenters. The summed E-state index contributed by atoms with van der Waals surface area (Å²) >= 11 is 0. The minimum atomic E-state index is -0.733. The van der Waals surface area contributed by atoms with E-state index >= 15 is 0 Å². The Morgan fingerprint density at radius 1 is 1.47 bits per heavy atom. The smallest absolute Gasteiger partial charge is 0.233 e. The van der Waals surface area contributed by atoms with Crippen LogP contribution in [0.25, 0.3) is 0 Å². The molecule has 0 aliphatic heterocycles. The van der Waals surface area contributed by atoms with Crippen molar-refractivity contribution < 1.29 is 10.0 Å². The van der Waals surface area contributed by atoms with Crippen LogP contribution < -0.4 is 11.1 Å². The number of nitrogens with one attached hydrogen (secondary N) is 1. The molecule has 1 amide bonds. The van der Waals surface area contributed by atoms with Crippen molar-refractivity contribution in [2.45, 2.75) is 45.6 Å². The van der Waals surface area contributed by atoms with Crippen molar-refractivity contribution in [3.8, 4) is 0 Å². The second-order valence-electron chi connectivity index (χ2n) is 5.60. The Bertz CT molecular complexity index is 338. The average Bonchev–Trinajstić information content (AvgIpc) is 3.18. The second kappa shape index (κ2) is 6.75. The van der Waals surface area contributed by atoms with Gasteiger partial charge >= 0.3 is 0 Å². The zero-order valence-corrected chi connectivity index (χ0v) is 12.1. The molecular formula is C13H26N4O2. The van der Waals surface area contributed by atoms with Crippen LogP contribution >= 0.6 is 0 Å². The van der Waals surface area contributed by atoms with Gasteiger partial charge in [0.05, 0.1) is 0 Å². The molecule has 1 aliphatic carbocycles. The Kier molecular flexibility index (Phi) is 5.60. The van der Waals surface area contributed by atoms with E-state index in [4.69, 9.17) is 10.9 Å². The lowest BCUT2D eigenvalue weighted by atomic mass is 10.1. The van der Waals surface area contributed by atoms with Gasteiger partial charge in [0.1, 0.15) is 5.41 Å². The van der Waals surface area contributed by atoms with Crippen LogP contribution in [0.15, 0.2) is 5.16 Å². The molecule has 4 N–H and O–H groups in total. The van der Waals surface area contributed by atoms with Crippen LogP contribution in [-0.4, -0.2) is 48.0 Å². The van der Waals surface area contributed by atoms with Crippen LogP contribution in [0.1, 0.15) is 39.5 Å². The number of carbonyl (C=O) groups is 1. The van der Waals surface area contributed by atoms with Crippen LogP contribution in [0.3, 0.4) is 0 Å². The fourth-order valence-electron chi connectivity index (χ4n) is 1.94. The highest BCUT2D eigenvalue weighted by atomic mass is 16.4. The van der Waals surface area contributed by atoms with E-state index in [1.165, 1.54) is 0 Å². The molecular weight excluding hydrogens is 244 g/mol. The van der Waals surface area contributed by atoms with Gasteiger partial charge in [0, 0.05) is 12.6 Å². The normalized spacial score (nSPS) is 17.8. The second-order valence-corrected chi connectivity index (χ2v) is 5.60. The first-order valence-corrected chi connectivity index (χ1v) is 6.90. The third-order valence-corrected chi connectivity index (χ3v) is 3.89. The molecule has 0 atom stereocenters. The van der Waals surface area contributed by atoms with E-state index in [-0.39, 0.29) is 11.7 Å². The standard InChI is InChI=1S/C13H26N4O2/c1-10(2)17(3)9-5-4-8-15-12(18)13(6-7-13)11(14)16-19/h10,19H,4-9H2,1-3H3,(H2,14,16)(H,15,18). The monoisotopic (exact) mass is 270 g/mol. The summed E-state index contributed by atoms with van der Waals surface area (Å²) in [6.45, 7) is 6.00. The van der Waals surface area contributed by atoms with Crippen molar-refractivity contribution in [2.75, 3.05) is 20.1 Å². The Balaban J connectivity index is 2.19. The first kappa shape index (κ1) is 15.8. The molecule has 0 aromatic heterocycles. The van der Waals surface area contributed by atoms with E-state index in [0.717, 1.165) is 19.4 Å². The van der Waals surface area contributed by atoms with Crippen LogP contribution in [0.2, 0.25) is 0 Å². The molecule has 1 saturated carbocycles. The first-order valence-electron chi connectivity index (χ1n) is 6.90. The summed E-state index contributed by atoms with van der Waals surface area (Å²) in [6, 6.07) is 0.546. The van der Waals surface area contributed by atoms with Crippen LogP contribution in [0.5, 0.6) is 0 Å². The highest BCUT2D eigenvalue weighted by Crippen LogP contribution is 2.45. The quantitative estimate of drug-likeness (QED) is 0.199. The van der Waals surface area contributed by atoms with Gasteiger partial charge in [-0.3, -0.25) is 4.79 Å². The summed E-state index contributed by atoms with van der Waals surface area (Å²) in [7, 11) is 2.10. The predicted octanol–water partition coefficient (Wildman–Crippen LogP) is 0.750. The first-order chi connectivity index (χ1) is 8.94. The third-order valence-electron chi connectivity index (χ3n) is 3.89. The average molecular weight is 270 g/mol. The lowest BCUT2D eigenvalue weighted by molar-refractivity contribution is -0.124. The van der Waals surface area contributed by atoms with Gasteiger partial charge in [-0.25, -0.2) is 0 Å². The number of nitrogens with zero attached hydrogens (tertiary/aromatic N) is 2. The van der Waals surface area contributed by atoms with Crippen molar-refractivity contribution in [1.82, 2.24) is 10.2 Å². The maximum absolute atomic E-state index is 11.9. The van der Waals surface area contributed by atoms with Crippen molar-refractivity contribution in [3.05, 3.63) is 0 Å². The molecule has 6 nitrogen and oxygen atoms in total. The predicted molar refractivity (Wildman–Crippen MR) is 75.1 cm³/mol. The largest absolute Gasteiger partial charge is 0.409 e. The number of unbranched alkanes of at least 4 members (excludes halogenated alkanes) is 1. The van der Waals surface area contributed by atoms with Crippen LogP contribution in [0, 0.1) is 5.41 Å². The summed E-state index contributed by atoms with van der Waals surface area (Å²) in [6.07, 6.45) is 3.33. The maximum atomic E-state index is 11.9. The van der Waals surface area contributed by atoms with Gasteiger partial charge in [-0.05, 0) is 53.1 Å². The van der Waals surface area contributed by atoms with Gasteiger partial charge in [0.25, 0.3) is 0 Å². The molecule has 0 aromatic rings. The zero-order chi connectivity index (χ0) is 14.5. The summed E-state index contributed by atoms with van der Waals surface area (Å²) < 4.78 is 0. The summed E-state index contributed by atoms with van der Waals surface area (Å²) in [5.41, 5.74) is 4.82. The van der Waals surface area contributed by atoms with E-state index in [1.807, 2.05) is 0 Å². The Hall–Kier alpha value is -1.30. The Morgan fingerprint density at radius 2 is 2.11 bits per heavy atom. The lowest BCUT2D eigenvalue weighted by Crippen LogP contribution is -2.41. The van der Waals surface area contributed by atoms with E-state index in [0.29, 0.717) is 25.4 Å². The van der Waals surface area contributed by atoms with E-state index in [9.17, 15) is 4.79 Å². The van der Waals surface area contributed by atoms with Gasteiger partial charge in [-0.2, -0.15) is 0 Å². The molecule has 0 saturated heterocycles. The number of nitrogens with two attached hydrogens (primary N) is 1. The third kappa shape index (κ3) is 4.09. The minimum absolute atomic E-state index is 0.0320. The Morgan fingerprint density at radius 3 is 2.58 bits per heavy atom. The maximum Gasteiger partial charge on any atom is 0.233 e. The van der Waals surface area contributed by atoms with E-state index in [2.05, 4.69) is 36.3 Å². The molecule has 0 bridgehead atoms. The van der Waals surface area contributed by atoms with Crippen molar-refractivity contribution in [2.24, 2.45) is 16.3 Å². The van der Waals surface area contributed by atoms with Crippen LogP contribution in [-0.2, 0) is 4.79 Å². The molecule has 0 radical (unpaired) electrons. The number of oxime groups is 1. The molecule has 1 aliphatic rings. The molecule has 0 aromatic carbocycles. The number of carbonyl (C=O) groups excluding carboxylic acids is 1. The minimum Gasteiger partial charge on any atom is -0.409 e. The number of amides is 1. The van der Waals surface area contributed by atoms with E-state index in [1.54, 1.807) is 0 Å². The number of amidine groups is 1.